The van der Waals surface area contributed by atoms with Gasteiger partial charge in [-0.25, -0.2) is 9.78 Å². The Morgan fingerprint density at radius 2 is 2.32 bits per heavy atom. The maximum Gasteiger partial charge on any atom is 0.378 e. The quantitative estimate of drug-likeness (QED) is 0.816. The van der Waals surface area contributed by atoms with E-state index < -0.39 is 5.97 Å². The maximum atomic E-state index is 11.5. The van der Waals surface area contributed by atoms with Gasteiger partial charge in [0, 0.05) is 12.2 Å². The van der Waals surface area contributed by atoms with Crippen LogP contribution >= 0.6 is 0 Å². The molecule has 6 heteroatoms. The molecule has 0 aliphatic carbocycles. The molecule has 1 aromatic carbocycles. The molecule has 6 nitrogen and oxygen atoms in total. The number of aromatic amines is 1. The molecule has 0 amide bonds. The number of rotatable bonds is 3. The lowest BCUT2D eigenvalue weighted by Gasteiger charge is -2.04. The summed E-state index contributed by atoms with van der Waals surface area (Å²) in [6.07, 6.45) is 0. The van der Waals surface area contributed by atoms with E-state index in [2.05, 4.69) is 20.5 Å². The van der Waals surface area contributed by atoms with Crippen molar-refractivity contribution >= 4 is 11.7 Å². The Morgan fingerprint density at radius 1 is 1.47 bits per heavy atom. The van der Waals surface area contributed by atoms with Crippen molar-refractivity contribution < 1.29 is 9.53 Å². The van der Waals surface area contributed by atoms with Gasteiger partial charge in [0.25, 0.3) is 5.82 Å². The minimum absolute atomic E-state index is 0.0845. The lowest BCUT2D eigenvalue weighted by molar-refractivity contribution is 0.0512. The van der Waals surface area contributed by atoms with Crippen LogP contribution in [0.4, 0.5) is 5.69 Å². The van der Waals surface area contributed by atoms with Gasteiger partial charge in [0.2, 0.25) is 0 Å². The van der Waals surface area contributed by atoms with Gasteiger partial charge < -0.3 is 10.1 Å². The van der Waals surface area contributed by atoms with E-state index in [1.54, 1.807) is 6.92 Å². The van der Waals surface area contributed by atoms with Gasteiger partial charge >= 0.3 is 5.97 Å². The summed E-state index contributed by atoms with van der Waals surface area (Å²) >= 11 is 0. The number of carbonyl (C=O) groups excluding carboxylic acids is 1. The van der Waals surface area contributed by atoms with Gasteiger partial charge in [-0.3, -0.25) is 5.10 Å². The number of esters is 1. The number of nitrogens with one attached hydrogen (secondary N) is 2. The van der Waals surface area contributed by atoms with Crippen molar-refractivity contribution in [2.45, 2.75) is 12.8 Å². The zero-order valence-electron chi connectivity index (χ0n) is 10.5. The normalized spacial score (nSPS) is 16.8. The lowest BCUT2D eigenvalue weighted by atomic mass is 10.0. The standard InChI is InChI=1S/C13H14N4O2/c1-2-19-13(18)12-15-11(16-17-12)9-7-14-10-6-4-3-5-8(9)10/h3-6,9,14H,2,7H2,1H3,(H,15,16,17). The fraction of sp³-hybridized carbons (Fsp3) is 0.308. The van der Waals surface area contributed by atoms with Gasteiger partial charge in [-0.15, -0.1) is 5.10 Å². The molecule has 0 bridgehead atoms. The van der Waals surface area contributed by atoms with Crippen molar-refractivity contribution in [2.75, 3.05) is 18.5 Å². The van der Waals surface area contributed by atoms with Crippen LogP contribution in [0.2, 0.25) is 0 Å². The van der Waals surface area contributed by atoms with Crippen molar-refractivity contribution in [3.63, 3.8) is 0 Å². The molecule has 1 aliphatic rings. The van der Waals surface area contributed by atoms with E-state index in [0.717, 1.165) is 17.8 Å². The van der Waals surface area contributed by atoms with E-state index in [-0.39, 0.29) is 11.7 Å². The smallest absolute Gasteiger partial charge is 0.378 e. The zero-order chi connectivity index (χ0) is 13.2. The second-order valence-electron chi connectivity index (χ2n) is 4.29. The van der Waals surface area contributed by atoms with E-state index in [1.165, 1.54) is 0 Å². The number of benzene rings is 1. The second-order valence-corrected chi connectivity index (χ2v) is 4.29. The highest BCUT2D eigenvalue weighted by molar-refractivity contribution is 5.85. The Morgan fingerprint density at radius 3 is 3.16 bits per heavy atom. The van der Waals surface area contributed by atoms with Gasteiger partial charge in [-0.1, -0.05) is 18.2 Å². The zero-order valence-corrected chi connectivity index (χ0v) is 10.5. The molecule has 3 rings (SSSR count). The topological polar surface area (TPSA) is 79.9 Å². The minimum Gasteiger partial charge on any atom is -0.460 e. The molecule has 1 unspecified atom stereocenters. The molecule has 2 N–H and O–H groups in total. The highest BCUT2D eigenvalue weighted by atomic mass is 16.5. The van der Waals surface area contributed by atoms with Crippen LogP contribution in [0.25, 0.3) is 0 Å². The van der Waals surface area contributed by atoms with E-state index in [1.807, 2.05) is 24.3 Å². The van der Waals surface area contributed by atoms with Crippen LogP contribution in [0.15, 0.2) is 24.3 Å². The van der Waals surface area contributed by atoms with Crippen LogP contribution in [0.1, 0.15) is 34.8 Å². The van der Waals surface area contributed by atoms with Crippen LogP contribution in [0.3, 0.4) is 0 Å². The Bertz CT molecular complexity index is 608. The first-order chi connectivity index (χ1) is 9.29. The first-order valence-corrected chi connectivity index (χ1v) is 6.21. The summed E-state index contributed by atoms with van der Waals surface area (Å²) < 4.78 is 4.87. The predicted octanol–water partition coefficient (Wildman–Crippen LogP) is 1.54. The van der Waals surface area contributed by atoms with Gasteiger partial charge in [-0.05, 0) is 18.6 Å². The largest absolute Gasteiger partial charge is 0.460 e. The maximum absolute atomic E-state index is 11.5. The van der Waals surface area contributed by atoms with Gasteiger partial charge in [-0.2, -0.15) is 0 Å². The number of para-hydroxylation sites is 1. The lowest BCUT2D eigenvalue weighted by Crippen LogP contribution is -2.08. The summed E-state index contributed by atoms with van der Waals surface area (Å²) in [6, 6.07) is 8.05. The molecule has 98 valence electrons. The van der Waals surface area contributed by atoms with Crippen LogP contribution in [0.5, 0.6) is 0 Å². The Kier molecular flexibility index (Phi) is 2.91. The molecular formula is C13H14N4O2. The van der Waals surface area contributed by atoms with Crippen molar-refractivity contribution in [1.82, 2.24) is 15.2 Å². The molecule has 0 saturated heterocycles. The van der Waals surface area contributed by atoms with Gasteiger partial charge in [0.15, 0.2) is 0 Å². The highest BCUT2D eigenvalue weighted by Crippen LogP contribution is 2.34. The Labute approximate surface area is 110 Å². The SMILES string of the molecule is CCOC(=O)c1n[nH]c(C2CNc3ccccc32)n1. The number of anilines is 1. The first kappa shape index (κ1) is 11.7. The summed E-state index contributed by atoms with van der Waals surface area (Å²) in [5.74, 6) is 0.359. The third-order valence-electron chi connectivity index (χ3n) is 3.12. The van der Waals surface area contributed by atoms with Crippen molar-refractivity contribution in [1.29, 1.82) is 0 Å². The van der Waals surface area contributed by atoms with Crippen molar-refractivity contribution in [3.8, 4) is 0 Å². The number of hydrogen-bond acceptors (Lipinski definition) is 5. The monoisotopic (exact) mass is 258 g/mol. The van der Waals surface area contributed by atoms with Crippen molar-refractivity contribution in [2.24, 2.45) is 0 Å². The molecule has 19 heavy (non-hydrogen) atoms. The number of hydrogen-bond donors (Lipinski definition) is 2. The molecule has 2 heterocycles. The molecule has 1 atom stereocenters. The van der Waals surface area contributed by atoms with E-state index in [0.29, 0.717) is 12.4 Å². The second kappa shape index (κ2) is 4.72. The highest BCUT2D eigenvalue weighted by Gasteiger charge is 2.27. The first-order valence-electron chi connectivity index (χ1n) is 6.21. The predicted molar refractivity (Wildman–Crippen MR) is 69.1 cm³/mol. The van der Waals surface area contributed by atoms with Gasteiger partial charge in [0.05, 0.1) is 12.5 Å². The van der Waals surface area contributed by atoms with Crippen LogP contribution in [-0.2, 0) is 4.74 Å². The van der Waals surface area contributed by atoms with E-state index in [9.17, 15) is 4.79 Å². The van der Waals surface area contributed by atoms with Crippen LogP contribution in [-0.4, -0.2) is 34.3 Å². The van der Waals surface area contributed by atoms with Crippen LogP contribution < -0.4 is 5.32 Å². The van der Waals surface area contributed by atoms with E-state index in [4.69, 9.17) is 4.74 Å². The fourth-order valence-corrected chi connectivity index (χ4v) is 2.24. The number of carbonyl (C=O) groups is 1. The molecular weight excluding hydrogens is 244 g/mol. The average Bonchev–Trinajstić information content (AvgIpc) is 3.05. The van der Waals surface area contributed by atoms with Crippen molar-refractivity contribution in [3.05, 3.63) is 41.5 Å². The number of nitrogens with zero attached hydrogens (tertiary/aromatic N) is 2. The molecule has 1 aliphatic heterocycles. The summed E-state index contributed by atoms with van der Waals surface area (Å²) in [6.45, 7) is 2.82. The van der Waals surface area contributed by atoms with Crippen LogP contribution in [0, 0.1) is 0 Å². The molecule has 0 radical (unpaired) electrons. The van der Waals surface area contributed by atoms with Gasteiger partial charge in [0.1, 0.15) is 5.82 Å². The molecule has 1 aromatic heterocycles. The molecule has 0 spiro atoms. The number of fused-ring (bicyclic) bond motifs is 1. The average molecular weight is 258 g/mol. The molecule has 0 saturated carbocycles. The summed E-state index contributed by atoms with van der Waals surface area (Å²) in [5.41, 5.74) is 2.26. The van der Waals surface area contributed by atoms with E-state index >= 15 is 0 Å². The summed E-state index contributed by atoms with van der Waals surface area (Å²) in [5, 5.41) is 10.0. The number of aromatic nitrogens is 3. The summed E-state index contributed by atoms with van der Waals surface area (Å²) in [7, 11) is 0. The minimum atomic E-state index is -0.496. The molecule has 0 fully saturated rings. The third kappa shape index (κ3) is 2.05. The Hall–Kier alpha value is -2.37. The molecule has 2 aromatic rings. The summed E-state index contributed by atoms with van der Waals surface area (Å²) in [4.78, 5) is 15.8. The third-order valence-corrected chi connectivity index (χ3v) is 3.12. The number of H-pyrrole nitrogens is 1. The fourth-order valence-electron chi connectivity index (χ4n) is 2.24. The number of ether oxygens (including phenoxy) is 1. The Balaban J connectivity index is 1.87.